The molecule has 4 saturated carbocycles. The maximum atomic E-state index is 12.8. The van der Waals surface area contributed by atoms with E-state index in [1.807, 2.05) is 6.92 Å². The molecule has 31 atom stereocenters. The maximum Gasteiger partial charge on any atom is 0.187 e. The Morgan fingerprint density at radius 1 is 0.566 bits per heavy atom. The maximum absolute atomic E-state index is 12.8. The van der Waals surface area contributed by atoms with E-state index in [1.165, 1.54) is 14.0 Å². The lowest BCUT2D eigenvalue weighted by molar-refractivity contribution is -0.358. The lowest BCUT2D eigenvalue weighted by atomic mass is 9.41. The fourth-order valence-electron chi connectivity index (χ4n) is 15.9. The Morgan fingerprint density at radius 2 is 1.07 bits per heavy atom. The number of carbonyl (C=O) groups excluding carboxylic acids is 1. The molecule has 9 fully saturated rings. The van der Waals surface area contributed by atoms with Crippen LogP contribution in [0, 0.1) is 28.6 Å². The molecule has 0 aromatic carbocycles. The lowest BCUT2D eigenvalue weighted by Gasteiger charge is -2.67. The molecule has 0 aromatic rings. The van der Waals surface area contributed by atoms with Crippen molar-refractivity contribution in [2.24, 2.45) is 28.6 Å². The van der Waals surface area contributed by atoms with Crippen LogP contribution in [0.3, 0.4) is 0 Å². The van der Waals surface area contributed by atoms with Gasteiger partial charge in [-0.1, -0.05) is 13.8 Å². The zero-order chi connectivity index (χ0) is 55.1. The molecule has 23 nitrogen and oxygen atoms in total. The second kappa shape index (κ2) is 22.9. The van der Waals surface area contributed by atoms with Crippen LogP contribution in [0.4, 0.5) is 0 Å². The number of aliphatic hydroxyl groups is 10. The molecule has 5 heterocycles. The fraction of sp³-hybridized carbons (Fsp3) is 0.981. The molecule has 0 spiro atoms. The van der Waals surface area contributed by atoms with E-state index in [2.05, 4.69) is 6.92 Å². The van der Waals surface area contributed by atoms with Gasteiger partial charge in [-0.05, 0) is 96.8 Å². The third-order valence-electron chi connectivity index (χ3n) is 20.0. The van der Waals surface area contributed by atoms with Gasteiger partial charge in [0.1, 0.15) is 66.3 Å². The Kier molecular flexibility index (Phi) is 17.9. The van der Waals surface area contributed by atoms with Gasteiger partial charge < -0.3 is 108 Å². The quantitative estimate of drug-likeness (QED) is 0.0974. The van der Waals surface area contributed by atoms with Gasteiger partial charge in [-0.2, -0.15) is 0 Å². The van der Waals surface area contributed by atoms with E-state index in [-0.39, 0.29) is 54.8 Å². The van der Waals surface area contributed by atoms with Gasteiger partial charge in [0.25, 0.3) is 0 Å². The van der Waals surface area contributed by atoms with Crippen LogP contribution in [0.2, 0.25) is 0 Å². The number of methoxy groups -OCH3 is 2. The van der Waals surface area contributed by atoms with Crippen molar-refractivity contribution in [3.63, 3.8) is 0 Å². The van der Waals surface area contributed by atoms with Crippen LogP contribution in [0.5, 0.6) is 0 Å². The zero-order valence-corrected chi connectivity index (χ0v) is 45.4. The Bertz CT molecular complexity index is 1950. The van der Waals surface area contributed by atoms with Crippen LogP contribution in [-0.2, 0) is 61.6 Å². The van der Waals surface area contributed by atoms with E-state index in [0.717, 1.165) is 0 Å². The van der Waals surface area contributed by atoms with Crippen LogP contribution < -0.4 is 0 Å². The first-order chi connectivity index (χ1) is 35.8. The predicted molar refractivity (Wildman–Crippen MR) is 259 cm³/mol. The molecule has 5 saturated heterocycles. The minimum absolute atomic E-state index is 0.00821. The molecule has 23 heteroatoms. The molecule has 10 N–H and O–H groups in total. The number of hydrogen-bond donors (Lipinski definition) is 10. The molecule has 9 rings (SSSR count). The van der Waals surface area contributed by atoms with Gasteiger partial charge in [0.2, 0.25) is 0 Å². The van der Waals surface area contributed by atoms with Gasteiger partial charge in [0.05, 0.1) is 79.2 Å². The number of aliphatic hydroxyl groups excluding tert-OH is 8. The lowest BCUT2D eigenvalue weighted by Crippen LogP contribution is -2.76. The third-order valence-corrected chi connectivity index (χ3v) is 20.0. The number of carbonyl (C=O) groups is 1. The highest BCUT2D eigenvalue weighted by Crippen LogP contribution is 2.70. The van der Waals surface area contributed by atoms with Gasteiger partial charge in [-0.3, -0.25) is 4.79 Å². The van der Waals surface area contributed by atoms with E-state index >= 15 is 0 Å². The number of Topliss-reactive ketones (excluding diaryl/α,β-unsaturated/α-hetero) is 1. The fourth-order valence-corrected chi connectivity index (χ4v) is 15.9. The minimum Gasteiger partial charge on any atom is -0.394 e. The Hall–Kier alpha value is -1.21. The summed E-state index contributed by atoms with van der Waals surface area (Å²) in [4.78, 5) is 12.8. The molecule has 0 aromatic heterocycles. The first kappa shape index (κ1) is 59.4. The Labute approximate surface area is 444 Å². The van der Waals surface area contributed by atoms with Crippen molar-refractivity contribution < 1.29 is 113 Å². The van der Waals surface area contributed by atoms with Gasteiger partial charge in [-0.15, -0.1) is 0 Å². The molecule has 0 bridgehead atoms. The first-order valence-electron chi connectivity index (χ1n) is 27.8. The van der Waals surface area contributed by atoms with E-state index in [0.29, 0.717) is 44.9 Å². The summed E-state index contributed by atoms with van der Waals surface area (Å²) in [6.45, 7) is 11.7. The van der Waals surface area contributed by atoms with Crippen LogP contribution in [-0.4, -0.2) is 236 Å². The van der Waals surface area contributed by atoms with Gasteiger partial charge >= 0.3 is 0 Å². The average molecular weight is 1090 g/mol. The highest BCUT2D eigenvalue weighted by atomic mass is 16.8. The highest BCUT2D eigenvalue weighted by molar-refractivity contribution is 5.81. The molecule has 9 aliphatic rings. The highest BCUT2D eigenvalue weighted by Gasteiger charge is 2.80. The van der Waals surface area contributed by atoms with Crippen molar-refractivity contribution in [1.82, 2.24) is 0 Å². The summed E-state index contributed by atoms with van der Waals surface area (Å²) >= 11 is 0. The molecule has 0 unspecified atom stereocenters. The zero-order valence-electron chi connectivity index (χ0n) is 45.4. The average Bonchev–Trinajstić information content (AvgIpc) is 3.81. The van der Waals surface area contributed by atoms with Gasteiger partial charge in [0, 0.05) is 45.3 Å². The number of ether oxygens (including phenoxy) is 12. The summed E-state index contributed by atoms with van der Waals surface area (Å²) in [6, 6.07) is 0. The van der Waals surface area contributed by atoms with Crippen molar-refractivity contribution >= 4 is 5.78 Å². The molecular weight excluding hydrogens is 1000 g/mol. The SMILES string of the molecule is CO[C@H]1C[C@H](O[C@H]2CC[C@@]3(C)[C@@H](CC[C@]4(O)[C@@H]3CC[C@]3(C)[C@H](C(C)=O)[C@H](O)[C@@H](O)[C@@]34O)C2)O[C@H](C)[C@H]1O[C@H]1C[C@@H](O)[C@H](O[C@H]2C[C@@H](O)[C@H](O[C@H]3C[C@H](OC)[C@H](O[C@@H]4O[C@H](CO)[C@@H](O)[C@H](O)[C@H]4O)[C@@H](C)O3)[C@@H](C)O2)[C@@H](C)O1. The summed E-state index contributed by atoms with van der Waals surface area (Å²) in [7, 11) is 3.07. The molecule has 438 valence electrons. The van der Waals surface area contributed by atoms with Crippen molar-refractivity contribution in [1.29, 1.82) is 0 Å². The Balaban J connectivity index is 0.731. The number of hydrogen-bond acceptors (Lipinski definition) is 23. The molecule has 4 aliphatic carbocycles. The summed E-state index contributed by atoms with van der Waals surface area (Å²) in [5.74, 6) is -1.50. The second-order valence-electron chi connectivity index (χ2n) is 24.3. The second-order valence-corrected chi connectivity index (χ2v) is 24.3. The van der Waals surface area contributed by atoms with Crippen LogP contribution in [0.25, 0.3) is 0 Å². The Morgan fingerprint density at radius 3 is 1.58 bits per heavy atom. The molecular formula is C53H88O23. The largest absolute Gasteiger partial charge is 0.394 e. The predicted octanol–water partition coefficient (Wildman–Crippen LogP) is -0.577. The van der Waals surface area contributed by atoms with Crippen molar-refractivity contribution in [3.05, 3.63) is 0 Å². The standard InChI is InChI=1S/C53H88O23/c1-22(55)39-41(59)48(62)53(64)51(39,7)14-12-34-50(6)13-11-28(16-27(50)10-15-52(34,53)63)71-37-19-31(65-8)46(25(4)69-37)75-36-18-30(57)44(23(2)68-36)73-35-17-29(56)45(24(3)67-35)74-38-20-32(66-9)47(26(5)70-38)76-49-43(61)42(60)40(58)33(21-54)72-49/h23-49,54,56-64H,10-21H2,1-9H3/t23-,24-,25-,26-,27+,28+,29-,30-,31+,32+,33-,34-,35+,36+,37+,38+,39-,40-,41+,42+,43-,44-,45-,46-,47-,48-,49+,50+,51-,52+,53-/m1/s1. The number of ketones is 1. The monoisotopic (exact) mass is 1090 g/mol. The van der Waals surface area contributed by atoms with E-state index < -0.39 is 170 Å². The van der Waals surface area contributed by atoms with Gasteiger partial charge in [-0.25, -0.2) is 0 Å². The minimum atomic E-state index is -2.05. The van der Waals surface area contributed by atoms with E-state index in [1.54, 1.807) is 34.8 Å². The summed E-state index contributed by atoms with van der Waals surface area (Å²) in [6.07, 6.45) is -18.1. The topological polar surface area (TPSA) is 330 Å². The normalized spacial score (nSPS) is 55.8. The van der Waals surface area contributed by atoms with Crippen molar-refractivity contribution in [2.45, 2.75) is 278 Å². The first-order valence-corrected chi connectivity index (χ1v) is 27.8. The third kappa shape index (κ3) is 10.3. The molecule has 76 heavy (non-hydrogen) atoms. The van der Waals surface area contributed by atoms with Gasteiger partial charge in [0.15, 0.2) is 31.5 Å². The molecule has 0 amide bonds. The van der Waals surface area contributed by atoms with Crippen LogP contribution in [0.1, 0.15) is 119 Å². The smallest absolute Gasteiger partial charge is 0.187 e. The summed E-state index contributed by atoms with van der Waals surface area (Å²) in [5.41, 5.74) is -5.31. The van der Waals surface area contributed by atoms with E-state index in [9.17, 15) is 55.9 Å². The van der Waals surface area contributed by atoms with E-state index in [4.69, 9.17) is 56.8 Å². The number of rotatable bonds is 14. The van der Waals surface area contributed by atoms with Crippen molar-refractivity contribution in [2.75, 3.05) is 20.8 Å². The van der Waals surface area contributed by atoms with Crippen LogP contribution >= 0.6 is 0 Å². The molecule has 5 aliphatic heterocycles. The van der Waals surface area contributed by atoms with Crippen molar-refractivity contribution in [3.8, 4) is 0 Å². The summed E-state index contributed by atoms with van der Waals surface area (Å²) < 4.78 is 74.0. The molecule has 0 radical (unpaired) electrons. The van der Waals surface area contributed by atoms with Crippen LogP contribution in [0.15, 0.2) is 0 Å². The summed E-state index contributed by atoms with van der Waals surface area (Å²) in [5, 5.41) is 111. The number of fused-ring (bicyclic) bond motifs is 5.